The van der Waals surface area contributed by atoms with E-state index in [0.717, 1.165) is 28.1 Å². The van der Waals surface area contributed by atoms with Crippen LogP contribution in [-0.2, 0) is 5.41 Å². The molecule has 0 fully saturated rings. The van der Waals surface area contributed by atoms with Crippen LogP contribution in [0.15, 0.2) is 200 Å². The molecule has 1 aliphatic carbocycles. The highest BCUT2D eigenvalue weighted by Gasteiger charge is 2.41. The van der Waals surface area contributed by atoms with Gasteiger partial charge in [0.1, 0.15) is 0 Å². The minimum Gasteiger partial charge on any atom is -0.228 e. The van der Waals surface area contributed by atoms with Crippen molar-refractivity contribution < 1.29 is 0 Å². The molecule has 59 heavy (non-hydrogen) atoms. The summed E-state index contributed by atoms with van der Waals surface area (Å²) in [5.41, 5.74) is 13.5. The number of hydrogen-bond acceptors (Lipinski definition) is 3. The molecule has 12 rings (SSSR count). The summed E-state index contributed by atoms with van der Waals surface area (Å²) in [5, 5.41) is 7.78. The molecule has 0 radical (unpaired) electrons. The topological polar surface area (TPSA) is 25.8 Å². The Labute approximate surface area is 346 Å². The molecule has 0 amide bonds. The van der Waals surface area contributed by atoms with Gasteiger partial charge in [0.25, 0.3) is 0 Å². The van der Waals surface area contributed by atoms with Gasteiger partial charge in [-0.3, -0.25) is 0 Å². The highest BCUT2D eigenvalue weighted by molar-refractivity contribution is 7.27. The first-order valence-electron chi connectivity index (χ1n) is 20.2. The standard InChI is InChI=1S/C56H36N2S/c1-56(39-20-6-3-7-21-39)48-27-11-10-23-46(48)52-47(26-14-28-49(52)56)51-34-50(57-55(58-51)36-16-4-2-5-17-36)38-19-12-18-37(33-38)41-24-13-25-43-45-32-31-42-40-22-9-8-15-35(40)29-30-44(42)54(45)59-53(41)43/h2-34H,1H3. The molecule has 11 aromatic rings. The van der Waals surface area contributed by atoms with Gasteiger partial charge in [-0.05, 0) is 74.2 Å². The fourth-order valence-corrected chi connectivity index (χ4v) is 11.1. The first-order chi connectivity index (χ1) is 29.1. The molecule has 0 aliphatic heterocycles. The Bertz CT molecular complexity index is 3460. The molecule has 0 bridgehead atoms. The summed E-state index contributed by atoms with van der Waals surface area (Å²) in [4.78, 5) is 10.6. The molecule has 2 nitrogen and oxygen atoms in total. The van der Waals surface area contributed by atoms with Gasteiger partial charge in [-0.25, -0.2) is 9.97 Å². The monoisotopic (exact) mass is 768 g/mol. The number of fused-ring (bicyclic) bond motifs is 10. The third-order valence-corrected chi connectivity index (χ3v) is 13.9. The predicted molar refractivity (Wildman–Crippen MR) is 249 cm³/mol. The van der Waals surface area contributed by atoms with Gasteiger partial charge in [-0.1, -0.05) is 188 Å². The Balaban J connectivity index is 1.04. The quantitative estimate of drug-likeness (QED) is 0.163. The number of rotatable bonds is 5. The van der Waals surface area contributed by atoms with Crippen LogP contribution in [0.4, 0.5) is 0 Å². The number of aromatic nitrogens is 2. The molecule has 0 saturated carbocycles. The second-order valence-corrected chi connectivity index (χ2v) is 16.8. The number of thiophene rings is 1. The van der Waals surface area contributed by atoms with Gasteiger partial charge in [0, 0.05) is 47.7 Å². The van der Waals surface area contributed by atoms with Crippen LogP contribution in [0.2, 0.25) is 0 Å². The first-order valence-corrected chi connectivity index (χ1v) is 21.1. The van der Waals surface area contributed by atoms with Gasteiger partial charge < -0.3 is 0 Å². The molecule has 3 heteroatoms. The summed E-state index contributed by atoms with van der Waals surface area (Å²) >= 11 is 1.90. The summed E-state index contributed by atoms with van der Waals surface area (Å²) in [5.74, 6) is 0.712. The number of nitrogens with zero attached hydrogens (tertiary/aromatic N) is 2. The van der Waals surface area contributed by atoms with E-state index in [4.69, 9.17) is 9.97 Å². The van der Waals surface area contributed by atoms with Crippen LogP contribution in [-0.4, -0.2) is 9.97 Å². The van der Waals surface area contributed by atoms with Crippen molar-refractivity contribution in [2.24, 2.45) is 0 Å². The normalized spacial score (nSPS) is 14.6. The second kappa shape index (κ2) is 13.2. The maximum Gasteiger partial charge on any atom is 0.160 e. The molecule has 2 aromatic heterocycles. The molecule has 0 N–H and O–H groups in total. The van der Waals surface area contributed by atoms with Crippen molar-refractivity contribution in [3.8, 4) is 56.2 Å². The zero-order valence-corrected chi connectivity index (χ0v) is 33.2. The van der Waals surface area contributed by atoms with Crippen molar-refractivity contribution >= 4 is 53.1 Å². The molecule has 276 valence electrons. The highest BCUT2D eigenvalue weighted by atomic mass is 32.1. The summed E-state index contributed by atoms with van der Waals surface area (Å²) in [6.07, 6.45) is 0. The van der Waals surface area contributed by atoms with E-state index in [1.807, 2.05) is 17.4 Å². The summed E-state index contributed by atoms with van der Waals surface area (Å²) < 4.78 is 2.63. The second-order valence-electron chi connectivity index (χ2n) is 15.8. The van der Waals surface area contributed by atoms with Gasteiger partial charge in [0.05, 0.1) is 11.4 Å². The van der Waals surface area contributed by atoms with E-state index in [1.165, 1.54) is 80.7 Å². The minimum atomic E-state index is -0.302. The Morgan fingerprint density at radius 1 is 0.390 bits per heavy atom. The SMILES string of the molecule is CC1(c2ccccc2)c2ccccc2-c2c(-c3cc(-c4cccc(-c5cccc6c5sc5c6ccc6c7ccccc7ccc65)c4)nc(-c4ccccc4)n3)cccc21. The van der Waals surface area contributed by atoms with Crippen LogP contribution in [0.25, 0.3) is 97.9 Å². The Morgan fingerprint density at radius 3 is 1.88 bits per heavy atom. The third kappa shape index (κ3) is 5.18. The van der Waals surface area contributed by atoms with E-state index in [2.05, 4.69) is 201 Å². The molecule has 0 spiro atoms. The van der Waals surface area contributed by atoms with Gasteiger partial charge in [0.15, 0.2) is 5.82 Å². The van der Waals surface area contributed by atoms with Gasteiger partial charge in [-0.15, -0.1) is 11.3 Å². The first kappa shape index (κ1) is 33.9. The van der Waals surface area contributed by atoms with E-state index in [0.29, 0.717) is 5.82 Å². The van der Waals surface area contributed by atoms with Crippen LogP contribution in [0, 0.1) is 0 Å². The van der Waals surface area contributed by atoms with E-state index in [-0.39, 0.29) is 5.41 Å². The van der Waals surface area contributed by atoms with Crippen LogP contribution >= 0.6 is 11.3 Å². The van der Waals surface area contributed by atoms with E-state index >= 15 is 0 Å². The Hall–Kier alpha value is -7.20. The van der Waals surface area contributed by atoms with Crippen LogP contribution in [0.1, 0.15) is 23.6 Å². The molecular formula is C56H36N2S. The highest BCUT2D eigenvalue weighted by Crippen LogP contribution is 2.55. The van der Waals surface area contributed by atoms with Crippen molar-refractivity contribution in [3.63, 3.8) is 0 Å². The number of benzene rings is 9. The number of hydrogen-bond donors (Lipinski definition) is 0. The molecule has 1 atom stereocenters. The minimum absolute atomic E-state index is 0.302. The average molecular weight is 769 g/mol. The van der Waals surface area contributed by atoms with Gasteiger partial charge in [-0.2, -0.15) is 0 Å². The van der Waals surface area contributed by atoms with Crippen molar-refractivity contribution in [3.05, 3.63) is 217 Å². The van der Waals surface area contributed by atoms with Crippen LogP contribution < -0.4 is 0 Å². The lowest BCUT2D eigenvalue weighted by atomic mass is 9.74. The fraction of sp³-hybridized carbons (Fsp3) is 0.0357. The van der Waals surface area contributed by atoms with Crippen molar-refractivity contribution in [2.75, 3.05) is 0 Å². The largest absolute Gasteiger partial charge is 0.228 e. The predicted octanol–water partition coefficient (Wildman–Crippen LogP) is 15.2. The molecule has 0 saturated heterocycles. The maximum absolute atomic E-state index is 5.35. The Morgan fingerprint density at radius 2 is 0.983 bits per heavy atom. The smallest absolute Gasteiger partial charge is 0.160 e. The van der Waals surface area contributed by atoms with E-state index in [9.17, 15) is 0 Å². The summed E-state index contributed by atoms with van der Waals surface area (Å²) in [6.45, 7) is 2.37. The molecule has 9 aromatic carbocycles. The average Bonchev–Trinajstić information content (AvgIpc) is 3.83. The van der Waals surface area contributed by atoms with Crippen LogP contribution in [0.5, 0.6) is 0 Å². The zero-order chi connectivity index (χ0) is 39.1. The lowest BCUT2D eigenvalue weighted by molar-refractivity contribution is 0.714. The summed E-state index contributed by atoms with van der Waals surface area (Å²) in [7, 11) is 0. The van der Waals surface area contributed by atoms with Crippen molar-refractivity contribution in [1.29, 1.82) is 0 Å². The van der Waals surface area contributed by atoms with Crippen LogP contribution in [0.3, 0.4) is 0 Å². The fourth-order valence-electron chi connectivity index (χ4n) is 9.70. The third-order valence-electron chi connectivity index (χ3n) is 12.6. The zero-order valence-electron chi connectivity index (χ0n) is 32.4. The Kier molecular flexibility index (Phi) is 7.57. The van der Waals surface area contributed by atoms with E-state index in [1.54, 1.807) is 0 Å². The van der Waals surface area contributed by atoms with Crippen molar-refractivity contribution in [1.82, 2.24) is 9.97 Å². The van der Waals surface area contributed by atoms with Gasteiger partial charge in [0.2, 0.25) is 0 Å². The molecule has 1 unspecified atom stereocenters. The van der Waals surface area contributed by atoms with Crippen molar-refractivity contribution in [2.45, 2.75) is 12.3 Å². The summed E-state index contributed by atoms with van der Waals surface area (Å²) in [6, 6.07) is 72.6. The lowest BCUT2D eigenvalue weighted by Crippen LogP contribution is -2.22. The molecular weight excluding hydrogens is 733 g/mol. The van der Waals surface area contributed by atoms with E-state index < -0.39 is 0 Å². The molecule has 2 heterocycles. The lowest BCUT2D eigenvalue weighted by Gasteiger charge is -2.28. The molecule has 1 aliphatic rings. The maximum atomic E-state index is 5.35. The van der Waals surface area contributed by atoms with Gasteiger partial charge >= 0.3 is 0 Å².